The van der Waals surface area contributed by atoms with Crippen LogP contribution in [-0.2, 0) is 9.63 Å². The smallest absolute Gasteiger partial charge is 0.119 e. The molecular formula is C19H44N2O2. The Morgan fingerprint density at radius 1 is 1.00 bits per heavy atom. The molecule has 0 aromatic heterocycles. The minimum atomic E-state index is 0.657. The van der Waals surface area contributed by atoms with Gasteiger partial charge < -0.3 is 14.9 Å². The van der Waals surface area contributed by atoms with E-state index in [9.17, 15) is 4.79 Å². The second kappa shape index (κ2) is 37.4. The molecule has 0 aliphatic heterocycles. The van der Waals surface area contributed by atoms with Gasteiger partial charge in [0, 0.05) is 6.42 Å². The molecule has 0 aromatic carbocycles. The molecule has 0 spiro atoms. The Morgan fingerprint density at radius 3 is 2.04 bits per heavy atom. The molecule has 0 unspecified atom stereocenters. The van der Waals surface area contributed by atoms with E-state index in [1.54, 1.807) is 0 Å². The highest BCUT2D eigenvalue weighted by Gasteiger charge is 1.88. The molecule has 0 aliphatic carbocycles. The van der Waals surface area contributed by atoms with Crippen LogP contribution in [0.1, 0.15) is 93.4 Å². The van der Waals surface area contributed by atoms with Gasteiger partial charge >= 0.3 is 0 Å². The number of nitrogens with one attached hydrogen (secondary N) is 1. The summed E-state index contributed by atoms with van der Waals surface area (Å²) in [4.78, 5) is 14.9. The molecular weight excluding hydrogens is 288 g/mol. The summed E-state index contributed by atoms with van der Waals surface area (Å²) in [7, 11) is 2.00. The second-order valence-electron chi connectivity index (χ2n) is 4.70. The second-order valence-corrected chi connectivity index (χ2v) is 4.70. The summed E-state index contributed by atoms with van der Waals surface area (Å²) in [5.41, 5.74) is 0.933. The van der Waals surface area contributed by atoms with Gasteiger partial charge in [0.1, 0.15) is 12.9 Å². The lowest BCUT2D eigenvalue weighted by molar-refractivity contribution is -0.107. The topological polar surface area (TPSA) is 50.7 Å². The van der Waals surface area contributed by atoms with Gasteiger partial charge in [0.05, 0.1) is 5.71 Å². The van der Waals surface area contributed by atoms with Crippen molar-refractivity contribution in [2.24, 2.45) is 5.16 Å². The van der Waals surface area contributed by atoms with Crippen LogP contribution in [0.4, 0.5) is 0 Å². The summed E-state index contributed by atoms with van der Waals surface area (Å²) in [6.07, 6.45) is 8.60. The predicted octanol–water partition coefficient (Wildman–Crippen LogP) is 5.61. The molecule has 0 amide bonds. The number of nitrogens with zero attached hydrogens (tertiary/aromatic N) is 1. The molecule has 0 aliphatic rings. The molecule has 142 valence electrons. The summed E-state index contributed by atoms with van der Waals surface area (Å²) in [5, 5.41) is 6.89. The fraction of sp³-hybridized carbons (Fsp3) is 0.895. The Balaban J connectivity index is -0.000000140. The molecule has 0 saturated heterocycles. The molecule has 4 nitrogen and oxygen atoms in total. The van der Waals surface area contributed by atoms with E-state index in [2.05, 4.69) is 17.4 Å². The van der Waals surface area contributed by atoms with Gasteiger partial charge in [-0.2, -0.15) is 0 Å². The number of oxime groups is 1. The van der Waals surface area contributed by atoms with Crippen molar-refractivity contribution < 1.29 is 9.63 Å². The van der Waals surface area contributed by atoms with Gasteiger partial charge in [-0.05, 0) is 53.1 Å². The standard InChI is InChI=1S/C9H17NO2.C6H15N.2C2H6/c1-9(2)10-12-8-6-4-3-5-7-11;1-3-4-5-6-7-2;2*1-2/h7H,3-6,8H2,1-2H3;7H,3-6H2,1-2H3;2*1-2H3. The number of rotatable bonds is 11. The quantitative estimate of drug-likeness (QED) is 0.232. The van der Waals surface area contributed by atoms with Crippen molar-refractivity contribution in [3.05, 3.63) is 0 Å². The molecule has 0 heterocycles. The van der Waals surface area contributed by atoms with Crippen molar-refractivity contribution >= 4 is 12.0 Å². The number of hydrogen-bond donors (Lipinski definition) is 1. The van der Waals surface area contributed by atoms with Gasteiger partial charge in [0.25, 0.3) is 0 Å². The van der Waals surface area contributed by atoms with Crippen molar-refractivity contribution in [1.29, 1.82) is 0 Å². The Hall–Kier alpha value is -0.900. The molecule has 0 atom stereocenters. The molecule has 0 bridgehead atoms. The van der Waals surface area contributed by atoms with E-state index >= 15 is 0 Å². The first-order valence-electron chi connectivity index (χ1n) is 9.40. The number of hydrogen-bond acceptors (Lipinski definition) is 4. The van der Waals surface area contributed by atoms with Crippen LogP contribution in [-0.4, -0.2) is 32.2 Å². The van der Waals surface area contributed by atoms with E-state index in [1.807, 2.05) is 48.6 Å². The zero-order valence-electron chi connectivity index (χ0n) is 17.2. The molecule has 1 N–H and O–H groups in total. The van der Waals surface area contributed by atoms with Crippen LogP contribution in [0, 0.1) is 0 Å². The molecule has 0 aromatic rings. The van der Waals surface area contributed by atoms with E-state index in [-0.39, 0.29) is 0 Å². The normalized spacial score (nSPS) is 8.17. The van der Waals surface area contributed by atoms with E-state index in [0.29, 0.717) is 13.0 Å². The van der Waals surface area contributed by atoms with E-state index in [1.165, 1.54) is 25.8 Å². The minimum Gasteiger partial charge on any atom is -0.396 e. The highest BCUT2D eigenvalue weighted by Crippen LogP contribution is 1.98. The number of carbonyl (C=O) groups is 1. The van der Waals surface area contributed by atoms with Crippen molar-refractivity contribution in [2.45, 2.75) is 93.4 Å². The first-order valence-corrected chi connectivity index (χ1v) is 9.40. The van der Waals surface area contributed by atoms with Crippen LogP contribution in [0.5, 0.6) is 0 Å². The highest BCUT2D eigenvalue weighted by atomic mass is 16.6. The van der Waals surface area contributed by atoms with Crippen LogP contribution in [0.25, 0.3) is 0 Å². The fourth-order valence-electron chi connectivity index (χ4n) is 1.30. The van der Waals surface area contributed by atoms with Crippen molar-refractivity contribution in [1.82, 2.24) is 5.32 Å². The Labute approximate surface area is 146 Å². The molecule has 0 radical (unpaired) electrons. The summed E-state index contributed by atoms with van der Waals surface area (Å²) in [6.45, 7) is 15.8. The third-order valence-electron chi connectivity index (χ3n) is 2.34. The first kappa shape index (κ1) is 30.0. The van der Waals surface area contributed by atoms with Crippen LogP contribution >= 0.6 is 0 Å². The zero-order chi connectivity index (χ0) is 18.8. The Morgan fingerprint density at radius 2 is 1.61 bits per heavy atom. The van der Waals surface area contributed by atoms with Gasteiger partial charge in [-0.3, -0.25) is 0 Å². The van der Waals surface area contributed by atoms with Crippen LogP contribution in [0.15, 0.2) is 5.16 Å². The molecule has 0 saturated carbocycles. The SMILES string of the molecule is CC.CC.CC(C)=NOCCCCCC=O.CCCCCNC. The van der Waals surface area contributed by atoms with E-state index in [4.69, 9.17) is 4.84 Å². The van der Waals surface area contributed by atoms with Gasteiger partial charge in [-0.25, -0.2) is 0 Å². The van der Waals surface area contributed by atoms with Crippen LogP contribution in [0.3, 0.4) is 0 Å². The number of carbonyl (C=O) groups excluding carboxylic acids is 1. The Bertz CT molecular complexity index is 200. The average molecular weight is 333 g/mol. The maximum Gasteiger partial charge on any atom is 0.119 e. The zero-order valence-corrected chi connectivity index (χ0v) is 17.2. The van der Waals surface area contributed by atoms with Crippen LogP contribution in [0.2, 0.25) is 0 Å². The van der Waals surface area contributed by atoms with E-state index < -0.39 is 0 Å². The lowest BCUT2D eigenvalue weighted by atomic mass is 10.2. The van der Waals surface area contributed by atoms with Crippen molar-refractivity contribution in [3.63, 3.8) is 0 Å². The van der Waals surface area contributed by atoms with Gasteiger partial charge in [-0.15, -0.1) is 0 Å². The molecule has 4 heteroatoms. The molecule has 0 rings (SSSR count). The lowest BCUT2D eigenvalue weighted by Gasteiger charge is -1.98. The van der Waals surface area contributed by atoms with Gasteiger partial charge in [0.2, 0.25) is 0 Å². The maximum absolute atomic E-state index is 9.93. The minimum absolute atomic E-state index is 0.657. The average Bonchev–Trinajstić information content (AvgIpc) is 2.58. The van der Waals surface area contributed by atoms with Crippen LogP contribution < -0.4 is 5.32 Å². The van der Waals surface area contributed by atoms with E-state index in [0.717, 1.165) is 31.3 Å². The number of unbranched alkanes of at least 4 members (excludes halogenated alkanes) is 5. The van der Waals surface area contributed by atoms with Crippen molar-refractivity contribution in [3.8, 4) is 0 Å². The summed E-state index contributed by atoms with van der Waals surface area (Å²) in [6, 6.07) is 0. The first-order chi connectivity index (χ1) is 11.2. The monoisotopic (exact) mass is 332 g/mol. The summed E-state index contributed by atoms with van der Waals surface area (Å²) in [5.74, 6) is 0. The lowest BCUT2D eigenvalue weighted by Crippen LogP contribution is -2.06. The third-order valence-corrected chi connectivity index (χ3v) is 2.34. The predicted molar refractivity (Wildman–Crippen MR) is 105 cm³/mol. The largest absolute Gasteiger partial charge is 0.396 e. The molecule has 23 heavy (non-hydrogen) atoms. The van der Waals surface area contributed by atoms with Crippen molar-refractivity contribution in [2.75, 3.05) is 20.2 Å². The third kappa shape index (κ3) is 52.6. The van der Waals surface area contributed by atoms with Gasteiger partial charge in [-0.1, -0.05) is 52.6 Å². The summed E-state index contributed by atoms with van der Waals surface area (Å²) < 4.78 is 0. The Kier molecular flexibility index (Phi) is 48.8. The fourth-order valence-corrected chi connectivity index (χ4v) is 1.30. The maximum atomic E-state index is 9.93. The van der Waals surface area contributed by atoms with Gasteiger partial charge in [0.15, 0.2) is 0 Å². The summed E-state index contributed by atoms with van der Waals surface area (Å²) >= 11 is 0. The highest BCUT2D eigenvalue weighted by molar-refractivity contribution is 5.78. The number of aldehydes is 1. The molecule has 0 fully saturated rings.